The van der Waals surface area contributed by atoms with E-state index in [1.54, 1.807) is 6.07 Å². The van der Waals surface area contributed by atoms with Crippen molar-refractivity contribution in [1.82, 2.24) is 18.6 Å². The van der Waals surface area contributed by atoms with E-state index < -0.39 is 0 Å². The number of nitrogens with zero attached hydrogens (tertiary/aromatic N) is 5. The molecule has 2 fully saturated rings. The highest BCUT2D eigenvalue weighted by Crippen LogP contribution is 2.34. The molecule has 3 aromatic rings. The highest BCUT2D eigenvalue weighted by Gasteiger charge is 2.42. The minimum atomic E-state index is -0.322. The van der Waals surface area contributed by atoms with Gasteiger partial charge in [0, 0.05) is 43.6 Å². The molecular weight excluding hydrogens is 353 g/mol. The van der Waals surface area contributed by atoms with E-state index in [0.717, 1.165) is 54.8 Å². The molecule has 8 heteroatoms. The zero-order chi connectivity index (χ0) is 17.7. The zero-order valence-electron chi connectivity index (χ0n) is 13.9. The Morgan fingerprint density at radius 3 is 2.54 bits per heavy atom. The summed E-state index contributed by atoms with van der Waals surface area (Å²) in [6.07, 6.45) is 1.25. The number of anilines is 1. The largest absolute Gasteiger partial charge is 0.356 e. The number of amides is 1. The smallest absolute Gasteiger partial charge is 0.253 e. The molecule has 6 nitrogen and oxygen atoms in total. The van der Waals surface area contributed by atoms with Crippen LogP contribution < -0.4 is 4.90 Å². The fourth-order valence-corrected chi connectivity index (χ4v) is 4.52. The second-order valence-corrected chi connectivity index (χ2v) is 7.47. The average molecular weight is 369 g/mol. The lowest BCUT2D eigenvalue weighted by atomic mass is 10.0. The number of carbonyl (C=O) groups is 1. The lowest BCUT2D eigenvalue weighted by molar-refractivity contribution is 0.0782. The molecule has 4 heterocycles. The third-order valence-corrected chi connectivity index (χ3v) is 5.87. The predicted molar refractivity (Wildman–Crippen MR) is 96.7 cm³/mol. The Hall–Kier alpha value is -2.61. The highest BCUT2D eigenvalue weighted by molar-refractivity contribution is 7.00. The van der Waals surface area contributed by atoms with Crippen LogP contribution in [0.1, 0.15) is 10.4 Å². The van der Waals surface area contributed by atoms with E-state index in [4.69, 9.17) is 0 Å². The standard InChI is InChI=1S/C18H16FN5OS/c19-14-2-4-17(20-6-14)23-7-12-9-24(10-13(12)8-23)18(25)11-1-3-15-16(5-11)22-26-21-15/h1-6,12-13H,7-10H2. The van der Waals surface area contributed by atoms with Gasteiger partial charge in [-0.1, -0.05) is 0 Å². The summed E-state index contributed by atoms with van der Waals surface area (Å²) >= 11 is 1.16. The third-order valence-electron chi connectivity index (χ3n) is 5.31. The summed E-state index contributed by atoms with van der Waals surface area (Å²) in [6.45, 7) is 3.19. The lowest BCUT2D eigenvalue weighted by Gasteiger charge is -2.22. The van der Waals surface area contributed by atoms with E-state index in [1.165, 1.54) is 12.3 Å². The normalized spacial score (nSPS) is 22.2. The number of hydrogen-bond donors (Lipinski definition) is 0. The first-order chi connectivity index (χ1) is 12.7. The first kappa shape index (κ1) is 15.6. The molecule has 132 valence electrons. The first-order valence-corrected chi connectivity index (χ1v) is 9.28. The molecule has 0 saturated carbocycles. The number of hydrogen-bond acceptors (Lipinski definition) is 6. The van der Waals surface area contributed by atoms with Crippen LogP contribution in [-0.2, 0) is 0 Å². The molecule has 2 atom stereocenters. The van der Waals surface area contributed by atoms with Gasteiger partial charge in [0.2, 0.25) is 0 Å². The summed E-state index contributed by atoms with van der Waals surface area (Å²) in [5.41, 5.74) is 2.27. The Balaban J connectivity index is 1.28. The summed E-state index contributed by atoms with van der Waals surface area (Å²) in [5, 5.41) is 0. The minimum Gasteiger partial charge on any atom is -0.356 e. The number of likely N-dealkylation sites (tertiary alicyclic amines) is 1. The molecule has 0 bridgehead atoms. The van der Waals surface area contributed by atoms with Crippen LogP contribution in [0.25, 0.3) is 11.0 Å². The van der Waals surface area contributed by atoms with Gasteiger partial charge in [0.25, 0.3) is 5.91 Å². The van der Waals surface area contributed by atoms with Gasteiger partial charge in [0.15, 0.2) is 0 Å². The monoisotopic (exact) mass is 369 g/mol. The number of halogens is 1. The number of aromatic nitrogens is 3. The van der Waals surface area contributed by atoms with E-state index in [9.17, 15) is 9.18 Å². The van der Waals surface area contributed by atoms with Gasteiger partial charge < -0.3 is 9.80 Å². The maximum atomic E-state index is 13.0. The molecule has 0 radical (unpaired) electrons. The van der Waals surface area contributed by atoms with Crippen molar-refractivity contribution in [1.29, 1.82) is 0 Å². The van der Waals surface area contributed by atoms with Crippen LogP contribution in [0.4, 0.5) is 10.2 Å². The van der Waals surface area contributed by atoms with Gasteiger partial charge >= 0.3 is 0 Å². The lowest BCUT2D eigenvalue weighted by Crippen LogP contribution is -2.33. The summed E-state index contributed by atoms with van der Waals surface area (Å²) < 4.78 is 21.4. The molecule has 0 N–H and O–H groups in total. The molecule has 0 aliphatic carbocycles. The average Bonchev–Trinajstić information content (AvgIpc) is 3.35. The van der Waals surface area contributed by atoms with Gasteiger partial charge in [0.1, 0.15) is 22.7 Å². The van der Waals surface area contributed by atoms with Crippen molar-refractivity contribution in [3.63, 3.8) is 0 Å². The van der Waals surface area contributed by atoms with Crippen LogP contribution >= 0.6 is 11.7 Å². The minimum absolute atomic E-state index is 0.0563. The van der Waals surface area contributed by atoms with Crippen LogP contribution in [0.15, 0.2) is 36.5 Å². The molecule has 0 spiro atoms. The van der Waals surface area contributed by atoms with Gasteiger partial charge in [-0.15, -0.1) is 0 Å². The molecular formula is C18H16FN5OS. The topological polar surface area (TPSA) is 62.2 Å². The molecule has 2 aliphatic rings. The van der Waals surface area contributed by atoms with Gasteiger partial charge in [-0.2, -0.15) is 8.75 Å². The number of benzene rings is 1. The van der Waals surface area contributed by atoms with Gasteiger partial charge in [0.05, 0.1) is 17.9 Å². The van der Waals surface area contributed by atoms with Crippen LogP contribution in [0.3, 0.4) is 0 Å². The summed E-state index contributed by atoms with van der Waals surface area (Å²) in [6, 6.07) is 8.66. The van der Waals surface area contributed by atoms with E-state index in [0.29, 0.717) is 17.4 Å². The van der Waals surface area contributed by atoms with Crippen LogP contribution in [0, 0.1) is 17.7 Å². The number of fused-ring (bicyclic) bond motifs is 2. The van der Waals surface area contributed by atoms with Crippen LogP contribution in [0.2, 0.25) is 0 Å². The Morgan fingerprint density at radius 1 is 1.04 bits per heavy atom. The highest BCUT2D eigenvalue weighted by atomic mass is 32.1. The Bertz CT molecular complexity index is 961. The van der Waals surface area contributed by atoms with Gasteiger partial charge in [-0.3, -0.25) is 4.79 Å². The number of pyridine rings is 1. The second kappa shape index (κ2) is 5.98. The molecule has 2 aliphatic heterocycles. The summed E-state index contributed by atoms with van der Waals surface area (Å²) in [5.74, 6) is 1.39. The van der Waals surface area contributed by atoms with Crippen molar-refractivity contribution >= 4 is 34.5 Å². The Labute approximate surface area is 153 Å². The maximum absolute atomic E-state index is 13.0. The van der Waals surface area contributed by atoms with Crippen molar-refractivity contribution < 1.29 is 9.18 Å². The van der Waals surface area contributed by atoms with Crippen molar-refractivity contribution in [2.45, 2.75) is 0 Å². The predicted octanol–water partition coefficient (Wildman–Crippen LogP) is 2.43. The van der Waals surface area contributed by atoms with E-state index in [1.807, 2.05) is 23.1 Å². The van der Waals surface area contributed by atoms with E-state index in [2.05, 4.69) is 18.6 Å². The summed E-state index contributed by atoms with van der Waals surface area (Å²) in [7, 11) is 0. The quantitative estimate of drug-likeness (QED) is 0.694. The van der Waals surface area contributed by atoms with Crippen molar-refractivity contribution in [2.75, 3.05) is 31.1 Å². The molecule has 2 aromatic heterocycles. The molecule has 5 rings (SSSR count). The first-order valence-electron chi connectivity index (χ1n) is 8.55. The van der Waals surface area contributed by atoms with Crippen molar-refractivity contribution in [3.8, 4) is 0 Å². The SMILES string of the molecule is O=C(c1ccc2nsnc2c1)N1CC2CN(c3ccc(F)cn3)CC2C1. The second-order valence-electron chi connectivity index (χ2n) is 6.94. The van der Waals surface area contributed by atoms with E-state index >= 15 is 0 Å². The van der Waals surface area contributed by atoms with Crippen LogP contribution in [-0.4, -0.2) is 50.7 Å². The van der Waals surface area contributed by atoms with Crippen LogP contribution in [0.5, 0.6) is 0 Å². The Morgan fingerprint density at radius 2 is 1.81 bits per heavy atom. The van der Waals surface area contributed by atoms with E-state index in [-0.39, 0.29) is 11.7 Å². The molecule has 26 heavy (non-hydrogen) atoms. The summed E-state index contributed by atoms with van der Waals surface area (Å²) in [4.78, 5) is 21.1. The molecule has 2 saturated heterocycles. The fourth-order valence-electron chi connectivity index (χ4n) is 4.00. The van der Waals surface area contributed by atoms with Gasteiger partial charge in [-0.05, 0) is 30.3 Å². The molecule has 1 aromatic carbocycles. The Kier molecular flexibility index (Phi) is 3.59. The number of carbonyl (C=O) groups excluding carboxylic acids is 1. The van der Waals surface area contributed by atoms with Crippen molar-refractivity contribution in [2.24, 2.45) is 11.8 Å². The maximum Gasteiger partial charge on any atom is 0.253 e. The molecule has 2 unspecified atom stereocenters. The zero-order valence-corrected chi connectivity index (χ0v) is 14.7. The third kappa shape index (κ3) is 2.61. The number of rotatable bonds is 2. The fraction of sp³-hybridized carbons (Fsp3) is 0.333. The van der Waals surface area contributed by atoms with Crippen molar-refractivity contribution in [3.05, 3.63) is 47.9 Å². The van der Waals surface area contributed by atoms with Gasteiger partial charge in [-0.25, -0.2) is 9.37 Å². The molecule has 1 amide bonds.